The van der Waals surface area contributed by atoms with Crippen LogP contribution in [0.1, 0.15) is 5.56 Å². The fourth-order valence-electron chi connectivity index (χ4n) is 1.38. The molecule has 0 aliphatic rings. The molecule has 88 valence electrons. The van der Waals surface area contributed by atoms with Gasteiger partial charge in [-0.05, 0) is 17.7 Å². The lowest BCUT2D eigenvalue weighted by Crippen LogP contribution is -1.97. The van der Waals surface area contributed by atoms with Crippen LogP contribution in [0.25, 0.3) is 0 Å². The molecular formula is C13H14N2O2. The summed E-state index contributed by atoms with van der Waals surface area (Å²) in [6.45, 7) is 0.479. The molecule has 0 saturated carbocycles. The summed E-state index contributed by atoms with van der Waals surface area (Å²) in [6.07, 6.45) is 1.70. The van der Waals surface area contributed by atoms with Crippen molar-refractivity contribution in [3.05, 3.63) is 48.2 Å². The van der Waals surface area contributed by atoms with Crippen LogP contribution in [0.2, 0.25) is 0 Å². The Morgan fingerprint density at radius 3 is 2.65 bits per heavy atom. The first kappa shape index (κ1) is 11.4. The molecule has 4 heteroatoms. The molecule has 17 heavy (non-hydrogen) atoms. The Bertz CT molecular complexity index is 483. The highest BCUT2D eigenvalue weighted by Gasteiger charge is 2.00. The summed E-state index contributed by atoms with van der Waals surface area (Å²) in [7, 11) is 1.62. The van der Waals surface area contributed by atoms with Crippen molar-refractivity contribution in [3.63, 3.8) is 0 Å². The zero-order valence-electron chi connectivity index (χ0n) is 9.59. The van der Waals surface area contributed by atoms with Gasteiger partial charge >= 0.3 is 0 Å². The molecule has 0 atom stereocenters. The van der Waals surface area contributed by atoms with Gasteiger partial charge in [-0.15, -0.1) is 0 Å². The van der Waals surface area contributed by atoms with Crippen LogP contribution in [-0.2, 0) is 6.54 Å². The molecule has 2 rings (SSSR count). The van der Waals surface area contributed by atoms with Crippen molar-refractivity contribution in [3.8, 4) is 17.4 Å². The highest BCUT2D eigenvalue weighted by molar-refractivity contribution is 5.35. The number of methoxy groups -OCH3 is 1. The summed E-state index contributed by atoms with van der Waals surface area (Å²) in [6, 6.07) is 11.1. The van der Waals surface area contributed by atoms with E-state index in [1.807, 2.05) is 24.3 Å². The molecule has 2 aromatic rings. The van der Waals surface area contributed by atoms with Gasteiger partial charge in [0.1, 0.15) is 11.5 Å². The molecule has 0 radical (unpaired) electrons. The van der Waals surface area contributed by atoms with E-state index in [1.165, 1.54) is 0 Å². The second-order valence-electron chi connectivity index (χ2n) is 3.49. The van der Waals surface area contributed by atoms with Crippen LogP contribution in [-0.4, -0.2) is 12.1 Å². The summed E-state index contributed by atoms with van der Waals surface area (Å²) >= 11 is 0. The predicted octanol–water partition coefficient (Wildman–Crippen LogP) is 2.34. The van der Waals surface area contributed by atoms with Gasteiger partial charge in [0, 0.05) is 24.9 Å². The highest BCUT2D eigenvalue weighted by Crippen LogP contribution is 2.23. The van der Waals surface area contributed by atoms with E-state index < -0.39 is 0 Å². The number of pyridine rings is 1. The maximum atomic E-state index is 5.59. The summed E-state index contributed by atoms with van der Waals surface area (Å²) < 4.78 is 10.7. The van der Waals surface area contributed by atoms with Gasteiger partial charge in [-0.25, -0.2) is 4.98 Å². The van der Waals surface area contributed by atoms with Crippen LogP contribution in [0.15, 0.2) is 42.6 Å². The molecule has 0 amide bonds. The zero-order chi connectivity index (χ0) is 12.1. The Morgan fingerprint density at radius 1 is 1.18 bits per heavy atom. The van der Waals surface area contributed by atoms with Crippen LogP contribution in [0, 0.1) is 0 Å². The summed E-state index contributed by atoms with van der Waals surface area (Å²) in [5.74, 6) is 1.98. The lowest BCUT2D eigenvalue weighted by atomic mass is 10.3. The van der Waals surface area contributed by atoms with E-state index in [2.05, 4.69) is 4.98 Å². The number of hydrogen-bond donors (Lipinski definition) is 1. The van der Waals surface area contributed by atoms with Gasteiger partial charge in [-0.1, -0.05) is 12.1 Å². The predicted molar refractivity (Wildman–Crippen MR) is 65.2 cm³/mol. The minimum Gasteiger partial charge on any atom is -0.497 e. The van der Waals surface area contributed by atoms with Crippen molar-refractivity contribution in [1.29, 1.82) is 0 Å². The van der Waals surface area contributed by atoms with Crippen molar-refractivity contribution >= 4 is 0 Å². The number of benzene rings is 1. The molecule has 0 unspecified atom stereocenters. The SMILES string of the molecule is COc1cccc(Oc2ccc(CN)cn2)c1. The van der Waals surface area contributed by atoms with Crippen LogP contribution < -0.4 is 15.2 Å². The van der Waals surface area contributed by atoms with Crippen molar-refractivity contribution in [2.75, 3.05) is 7.11 Å². The molecule has 1 aromatic heterocycles. The van der Waals surface area contributed by atoms with Gasteiger partial charge in [0.25, 0.3) is 0 Å². The van der Waals surface area contributed by atoms with Crippen molar-refractivity contribution in [1.82, 2.24) is 4.98 Å². The number of nitrogens with two attached hydrogens (primary N) is 1. The molecule has 0 spiro atoms. The monoisotopic (exact) mass is 230 g/mol. The third-order valence-corrected chi connectivity index (χ3v) is 2.30. The number of nitrogens with zero attached hydrogens (tertiary/aromatic N) is 1. The molecule has 0 aliphatic heterocycles. The van der Waals surface area contributed by atoms with E-state index in [1.54, 1.807) is 25.4 Å². The van der Waals surface area contributed by atoms with Gasteiger partial charge < -0.3 is 15.2 Å². The lowest BCUT2D eigenvalue weighted by Gasteiger charge is -2.06. The van der Waals surface area contributed by atoms with Crippen molar-refractivity contribution in [2.24, 2.45) is 5.73 Å². The first-order valence-corrected chi connectivity index (χ1v) is 5.28. The molecule has 0 saturated heterocycles. The van der Waals surface area contributed by atoms with Gasteiger partial charge in [0.15, 0.2) is 0 Å². The summed E-state index contributed by atoms with van der Waals surface area (Å²) in [4.78, 5) is 4.16. The van der Waals surface area contributed by atoms with E-state index in [0.29, 0.717) is 18.2 Å². The molecule has 1 heterocycles. The van der Waals surface area contributed by atoms with Crippen LogP contribution >= 0.6 is 0 Å². The topological polar surface area (TPSA) is 57.4 Å². The van der Waals surface area contributed by atoms with Crippen molar-refractivity contribution in [2.45, 2.75) is 6.54 Å². The van der Waals surface area contributed by atoms with Gasteiger partial charge in [0.2, 0.25) is 5.88 Å². The normalized spacial score (nSPS) is 10.0. The molecule has 1 aromatic carbocycles. The average Bonchev–Trinajstić information content (AvgIpc) is 2.40. The molecule has 0 aliphatic carbocycles. The average molecular weight is 230 g/mol. The smallest absolute Gasteiger partial charge is 0.219 e. The Hall–Kier alpha value is -2.07. The minimum atomic E-state index is 0.479. The quantitative estimate of drug-likeness (QED) is 0.875. The van der Waals surface area contributed by atoms with Crippen molar-refractivity contribution < 1.29 is 9.47 Å². The molecule has 0 bridgehead atoms. The molecule has 4 nitrogen and oxygen atoms in total. The Labute approximate surface area is 100 Å². The zero-order valence-corrected chi connectivity index (χ0v) is 9.59. The Kier molecular flexibility index (Phi) is 3.57. The summed E-state index contributed by atoms with van der Waals surface area (Å²) in [5.41, 5.74) is 6.47. The van der Waals surface area contributed by atoms with E-state index >= 15 is 0 Å². The fraction of sp³-hybridized carbons (Fsp3) is 0.154. The van der Waals surface area contributed by atoms with Crippen LogP contribution in [0.5, 0.6) is 17.4 Å². The van der Waals surface area contributed by atoms with E-state index in [4.69, 9.17) is 15.2 Å². The van der Waals surface area contributed by atoms with Crippen LogP contribution in [0.4, 0.5) is 0 Å². The third-order valence-electron chi connectivity index (χ3n) is 2.30. The largest absolute Gasteiger partial charge is 0.497 e. The van der Waals surface area contributed by atoms with E-state index in [-0.39, 0.29) is 0 Å². The number of aromatic nitrogens is 1. The second-order valence-corrected chi connectivity index (χ2v) is 3.49. The maximum Gasteiger partial charge on any atom is 0.219 e. The number of rotatable bonds is 4. The molecular weight excluding hydrogens is 216 g/mol. The first-order valence-electron chi connectivity index (χ1n) is 5.28. The Balaban J connectivity index is 2.13. The van der Waals surface area contributed by atoms with E-state index in [9.17, 15) is 0 Å². The number of hydrogen-bond acceptors (Lipinski definition) is 4. The minimum absolute atomic E-state index is 0.479. The summed E-state index contributed by atoms with van der Waals surface area (Å²) in [5, 5.41) is 0. The highest BCUT2D eigenvalue weighted by atomic mass is 16.5. The Morgan fingerprint density at radius 2 is 2.00 bits per heavy atom. The maximum absolute atomic E-state index is 5.59. The standard InChI is InChI=1S/C13H14N2O2/c1-16-11-3-2-4-12(7-11)17-13-6-5-10(8-14)9-15-13/h2-7,9H,8,14H2,1H3. The fourth-order valence-corrected chi connectivity index (χ4v) is 1.38. The first-order chi connectivity index (χ1) is 8.31. The number of ether oxygens (including phenoxy) is 2. The van der Waals surface area contributed by atoms with Gasteiger partial charge in [-0.3, -0.25) is 0 Å². The van der Waals surface area contributed by atoms with Gasteiger partial charge in [-0.2, -0.15) is 0 Å². The molecule has 0 fully saturated rings. The van der Waals surface area contributed by atoms with Crippen LogP contribution in [0.3, 0.4) is 0 Å². The third kappa shape index (κ3) is 2.95. The lowest BCUT2D eigenvalue weighted by molar-refractivity contribution is 0.407. The van der Waals surface area contributed by atoms with E-state index in [0.717, 1.165) is 11.3 Å². The molecule has 2 N–H and O–H groups in total. The van der Waals surface area contributed by atoms with Gasteiger partial charge in [0.05, 0.1) is 7.11 Å². The second kappa shape index (κ2) is 5.32.